The van der Waals surface area contributed by atoms with Gasteiger partial charge in [0.2, 0.25) is 6.29 Å². The first-order valence-corrected chi connectivity index (χ1v) is 5.34. The van der Waals surface area contributed by atoms with E-state index in [0.29, 0.717) is 6.42 Å². The minimum Gasteiger partial charge on any atom is -0.507 e. The Balaban J connectivity index is 2.87. The van der Waals surface area contributed by atoms with Crippen molar-refractivity contribution in [2.45, 2.75) is 26.6 Å². The molecule has 1 aromatic carbocycles. The molecule has 0 bridgehead atoms. The molecule has 0 fully saturated rings. The summed E-state index contributed by atoms with van der Waals surface area (Å²) in [6.07, 6.45) is -0.364. The zero-order chi connectivity index (χ0) is 13.7. The molecule has 1 aromatic rings. The average Bonchev–Trinajstić information content (AvgIpc) is 2.29. The first-order chi connectivity index (χ1) is 8.43. The van der Waals surface area contributed by atoms with Crippen molar-refractivity contribution in [2.24, 2.45) is 0 Å². The van der Waals surface area contributed by atoms with Crippen LogP contribution in [0.15, 0.2) is 18.2 Å². The van der Waals surface area contributed by atoms with Gasteiger partial charge < -0.3 is 19.7 Å². The maximum atomic E-state index is 10.8. The Morgan fingerprint density at radius 2 is 2.06 bits per heavy atom. The lowest BCUT2D eigenvalue weighted by Crippen LogP contribution is -2.22. The Morgan fingerprint density at radius 1 is 1.39 bits per heavy atom. The van der Waals surface area contributed by atoms with E-state index in [4.69, 9.17) is 14.6 Å². The second kappa shape index (κ2) is 5.90. The summed E-state index contributed by atoms with van der Waals surface area (Å²) in [6.45, 7) is 3.01. The highest BCUT2D eigenvalue weighted by molar-refractivity contribution is 5.91. The van der Waals surface area contributed by atoms with Crippen LogP contribution >= 0.6 is 0 Å². The van der Waals surface area contributed by atoms with Gasteiger partial charge in [-0.05, 0) is 18.2 Å². The summed E-state index contributed by atoms with van der Waals surface area (Å²) in [4.78, 5) is 21.6. The molecule has 0 aliphatic carbocycles. The minimum absolute atomic E-state index is 0.207. The predicted octanol–water partition coefficient (Wildman–Crippen LogP) is 1.77. The second-order valence-electron chi connectivity index (χ2n) is 3.55. The van der Waals surface area contributed by atoms with E-state index in [1.807, 2.05) is 0 Å². The average molecular weight is 254 g/mol. The van der Waals surface area contributed by atoms with E-state index in [0.717, 1.165) is 0 Å². The minimum atomic E-state index is -1.27. The quantitative estimate of drug-likeness (QED) is 0.614. The van der Waals surface area contributed by atoms with E-state index >= 15 is 0 Å². The number of esters is 1. The third-order valence-electron chi connectivity index (χ3n) is 2.10. The molecule has 0 heterocycles. The lowest BCUT2D eigenvalue weighted by Gasteiger charge is -2.17. The van der Waals surface area contributed by atoms with Crippen LogP contribution in [0.2, 0.25) is 0 Å². The topological polar surface area (TPSA) is 93.1 Å². The fraction of sp³-hybridized carbons (Fsp3) is 0.333. The molecule has 18 heavy (non-hydrogen) atoms. The Morgan fingerprint density at radius 3 is 2.56 bits per heavy atom. The standard InChI is InChI=1S/C12H14O6/c1-3-11(17-7(2)13)18-8-4-5-10(14)9(6-8)12(15)16/h4-6,11,14H,3H2,1-2H3,(H,15,16). The lowest BCUT2D eigenvalue weighted by atomic mass is 10.2. The second-order valence-corrected chi connectivity index (χ2v) is 3.55. The number of phenols is 1. The predicted molar refractivity (Wildman–Crippen MR) is 61.5 cm³/mol. The van der Waals surface area contributed by atoms with Gasteiger partial charge in [-0.25, -0.2) is 4.79 Å². The van der Waals surface area contributed by atoms with Gasteiger partial charge in [-0.15, -0.1) is 0 Å². The highest BCUT2D eigenvalue weighted by Crippen LogP contribution is 2.24. The van der Waals surface area contributed by atoms with Crippen molar-refractivity contribution < 1.29 is 29.3 Å². The first-order valence-electron chi connectivity index (χ1n) is 5.34. The number of carbonyl (C=O) groups is 2. The maximum absolute atomic E-state index is 10.8. The maximum Gasteiger partial charge on any atom is 0.339 e. The Kier molecular flexibility index (Phi) is 4.53. The van der Waals surface area contributed by atoms with E-state index in [9.17, 15) is 14.7 Å². The molecular weight excluding hydrogens is 240 g/mol. The smallest absolute Gasteiger partial charge is 0.339 e. The fourth-order valence-electron chi connectivity index (χ4n) is 1.29. The normalized spacial score (nSPS) is 11.7. The van der Waals surface area contributed by atoms with Crippen molar-refractivity contribution in [3.8, 4) is 11.5 Å². The van der Waals surface area contributed by atoms with Gasteiger partial charge in [-0.1, -0.05) is 6.92 Å². The van der Waals surface area contributed by atoms with Crippen LogP contribution in [0.25, 0.3) is 0 Å². The van der Waals surface area contributed by atoms with Gasteiger partial charge in [0, 0.05) is 13.3 Å². The van der Waals surface area contributed by atoms with Crippen molar-refractivity contribution in [3.05, 3.63) is 23.8 Å². The summed E-state index contributed by atoms with van der Waals surface area (Å²) in [5.41, 5.74) is -0.273. The number of carboxylic acids is 1. The first kappa shape index (κ1) is 13.8. The number of ether oxygens (including phenoxy) is 2. The molecule has 98 valence electrons. The van der Waals surface area contributed by atoms with Crippen molar-refractivity contribution in [2.75, 3.05) is 0 Å². The van der Waals surface area contributed by atoms with Crippen LogP contribution < -0.4 is 4.74 Å². The van der Waals surface area contributed by atoms with Gasteiger partial charge in [-0.3, -0.25) is 4.79 Å². The Hall–Kier alpha value is -2.24. The number of aromatic carboxylic acids is 1. The zero-order valence-corrected chi connectivity index (χ0v) is 10.0. The Bertz CT molecular complexity index is 454. The molecule has 0 aliphatic rings. The summed E-state index contributed by atoms with van der Waals surface area (Å²) in [6, 6.07) is 3.77. The molecule has 1 rings (SSSR count). The van der Waals surface area contributed by atoms with Crippen LogP contribution in [0.5, 0.6) is 11.5 Å². The molecule has 0 radical (unpaired) electrons. The van der Waals surface area contributed by atoms with Crippen molar-refractivity contribution in [3.63, 3.8) is 0 Å². The summed E-state index contributed by atoms with van der Waals surface area (Å²) in [7, 11) is 0. The van der Waals surface area contributed by atoms with E-state index in [-0.39, 0.29) is 17.1 Å². The Labute approximate surface area is 104 Å². The zero-order valence-electron chi connectivity index (χ0n) is 10.0. The van der Waals surface area contributed by atoms with E-state index in [2.05, 4.69) is 0 Å². The molecule has 6 heteroatoms. The third kappa shape index (κ3) is 3.65. The molecule has 0 saturated heterocycles. The van der Waals surface area contributed by atoms with Crippen molar-refractivity contribution >= 4 is 11.9 Å². The van der Waals surface area contributed by atoms with Gasteiger partial charge in [0.1, 0.15) is 17.1 Å². The fourth-order valence-corrected chi connectivity index (χ4v) is 1.29. The SMILES string of the molecule is CCC(OC(C)=O)Oc1ccc(O)c(C(=O)O)c1. The van der Waals surface area contributed by atoms with E-state index in [1.54, 1.807) is 6.92 Å². The van der Waals surface area contributed by atoms with Gasteiger partial charge in [0.05, 0.1) is 0 Å². The van der Waals surface area contributed by atoms with Gasteiger partial charge >= 0.3 is 11.9 Å². The molecule has 0 saturated carbocycles. The van der Waals surface area contributed by atoms with E-state index in [1.165, 1.54) is 25.1 Å². The largest absolute Gasteiger partial charge is 0.507 e. The highest BCUT2D eigenvalue weighted by Gasteiger charge is 2.15. The molecule has 2 N–H and O–H groups in total. The van der Waals surface area contributed by atoms with Crippen LogP contribution in [0.1, 0.15) is 30.6 Å². The summed E-state index contributed by atoms with van der Waals surface area (Å²) >= 11 is 0. The van der Waals surface area contributed by atoms with Gasteiger partial charge in [0.25, 0.3) is 0 Å². The number of carbonyl (C=O) groups excluding carboxylic acids is 1. The van der Waals surface area contributed by atoms with Gasteiger partial charge in [-0.2, -0.15) is 0 Å². The van der Waals surface area contributed by atoms with Crippen LogP contribution in [-0.2, 0) is 9.53 Å². The molecule has 1 atom stereocenters. The number of benzene rings is 1. The summed E-state index contributed by atoms with van der Waals surface area (Å²) in [5.74, 6) is -1.90. The van der Waals surface area contributed by atoms with E-state index < -0.39 is 18.2 Å². The van der Waals surface area contributed by atoms with Crippen LogP contribution in [0.3, 0.4) is 0 Å². The molecule has 6 nitrogen and oxygen atoms in total. The lowest BCUT2D eigenvalue weighted by molar-refractivity contribution is -0.161. The summed E-state index contributed by atoms with van der Waals surface area (Å²) in [5, 5.41) is 18.1. The number of hydrogen-bond donors (Lipinski definition) is 2. The molecule has 0 aliphatic heterocycles. The molecule has 0 spiro atoms. The number of hydrogen-bond acceptors (Lipinski definition) is 5. The van der Waals surface area contributed by atoms with Gasteiger partial charge in [0.15, 0.2) is 0 Å². The number of carboxylic acid groups (broad SMARTS) is 1. The summed E-state index contributed by atoms with van der Waals surface area (Å²) < 4.78 is 10.2. The van der Waals surface area contributed by atoms with Crippen molar-refractivity contribution in [1.29, 1.82) is 0 Å². The molecular formula is C12H14O6. The van der Waals surface area contributed by atoms with Crippen LogP contribution in [0.4, 0.5) is 0 Å². The highest BCUT2D eigenvalue weighted by atomic mass is 16.7. The monoisotopic (exact) mass is 254 g/mol. The number of rotatable bonds is 5. The molecule has 0 amide bonds. The van der Waals surface area contributed by atoms with Crippen LogP contribution in [0, 0.1) is 0 Å². The number of aromatic hydroxyl groups is 1. The third-order valence-corrected chi connectivity index (χ3v) is 2.10. The molecule has 1 unspecified atom stereocenters. The van der Waals surface area contributed by atoms with Crippen molar-refractivity contribution in [1.82, 2.24) is 0 Å². The van der Waals surface area contributed by atoms with Crippen LogP contribution in [-0.4, -0.2) is 28.4 Å². The molecule has 0 aromatic heterocycles.